The molecular weight excluding hydrogens is 472 g/mol. The Kier molecular flexibility index (Phi) is 5.76. The maximum Gasteiger partial charge on any atom is 0.344 e. The molecule has 0 spiro atoms. The number of ether oxygens (including phenoxy) is 2. The molecule has 8 heteroatoms. The summed E-state index contributed by atoms with van der Waals surface area (Å²) in [7, 11) is 3.11. The molecule has 4 aromatic rings. The van der Waals surface area contributed by atoms with Gasteiger partial charge in [0.15, 0.2) is 0 Å². The lowest BCUT2D eigenvalue weighted by molar-refractivity contribution is 0.113. The average Bonchev–Trinajstić information content (AvgIpc) is 2.90. The first kappa shape index (κ1) is 23.4. The zero-order valence-electron chi connectivity index (χ0n) is 20.8. The number of rotatable bonds is 5. The van der Waals surface area contributed by atoms with E-state index in [1.807, 2.05) is 16.7 Å². The molecule has 6 rings (SSSR count). The van der Waals surface area contributed by atoms with Crippen LogP contribution in [0.2, 0.25) is 0 Å². The molecule has 1 fully saturated rings. The van der Waals surface area contributed by atoms with Crippen LogP contribution in [0.15, 0.2) is 68.6 Å². The van der Waals surface area contributed by atoms with Gasteiger partial charge in [0.25, 0.3) is 5.56 Å². The van der Waals surface area contributed by atoms with Gasteiger partial charge in [-0.2, -0.15) is 0 Å². The second kappa shape index (κ2) is 9.12. The molecule has 0 amide bonds. The number of aromatic nitrogens is 1. The number of phenols is 1. The molecule has 2 aromatic carbocycles. The fraction of sp³-hybridized carbons (Fsp3) is 0.310. The highest BCUT2D eigenvalue weighted by molar-refractivity contribution is 5.86. The van der Waals surface area contributed by atoms with Crippen LogP contribution in [0.4, 0.5) is 0 Å². The van der Waals surface area contributed by atoms with E-state index in [0.29, 0.717) is 52.8 Å². The normalized spacial score (nSPS) is 19.0. The summed E-state index contributed by atoms with van der Waals surface area (Å²) in [5.74, 6) is 1.82. The first-order valence-electron chi connectivity index (χ1n) is 12.4. The number of piperidine rings is 1. The van der Waals surface area contributed by atoms with Gasteiger partial charge in [0.2, 0.25) is 0 Å². The first-order chi connectivity index (χ1) is 17.9. The molecule has 4 heterocycles. The number of fused-ring (bicyclic) bond motifs is 5. The van der Waals surface area contributed by atoms with E-state index in [9.17, 15) is 14.7 Å². The van der Waals surface area contributed by atoms with E-state index in [4.69, 9.17) is 13.9 Å². The minimum atomic E-state index is -0.508. The van der Waals surface area contributed by atoms with Crippen LogP contribution in [0, 0.1) is 5.92 Å². The van der Waals surface area contributed by atoms with Crippen molar-refractivity contribution < 1.29 is 19.0 Å². The van der Waals surface area contributed by atoms with E-state index in [2.05, 4.69) is 4.90 Å². The van der Waals surface area contributed by atoms with Crippen LogP contribution in [0.1, 0.15) is 23.6 Å². The van der Waals surface area contributed by atoms with Gasteiger partial charge in [0.1, 0.15) is 22.8 Å². The monoisotopic (exact) mass is 500 g/mol. The van der Waals surface area contributed by atoms with Crippen molar-refractivity contribution >= 4 is 11.0 Å². The minimum Gasteiger partial charge on any atom is -0.507 e. The van der Waals surface area contributed by atoms with Crippen LogP contribution >= 0.6 is 0 Å². The molecule has 0 radical (unpaired) electrons. The zero-order valence-corrected chi connectivity index (χ0v) is 20.8. The fourth-order valence-corrected chi connectivity index (χ4v) is 5.94. The van der Waals surface area contributed by atoms with Gasteiger partial charge in [-0.25, -0.2) is 4.79 Å². The second-order valence-corrected chi connectivity index (χ2v) is 9.89. The van der Waals surface area contributed by atoms with Crippen molar-refractivity contribution in [2.75, 3.05) is 27.3 Å². The minimum absolute atomic E-state index is 0.0541. The van der Waals surface area contributed by atoms with E-state index in [1.54, 1.807) is 56.7 Å². The molecule has 2 bridgehead atoms. The van der Waals surface area contributed by atoms with E-state index >= 15 is 0 Å². The summed E-state index contributed by atoms with van der Waals surface area (Å²) in [6, 6.07) is 15.9. The Morgan fingerprint density at radius 1 is 0.973 bits per heavy atom. The molecule has 2 atom stereocenters. The third-order valence-corrected chi connectivity index (χ3v) is 7.62. The summed E-state index contributed by atoms with van der Waals surface area (Å²) in [6.45, 7) is 2.71. The number of likely N-dealkylation sites (tertiary alicyclic amines) is 1. The van der Waals surface area contributed by atoms with Crippen LogP contribution < -0.4 is 20.7 Å². The van der Waals surface area contributed by atoms with E-state index < -0.39 is 5.63 Å². The summed E-state index contributed by atoms with van der Waals surface area (Å²) in [5, 5.41) is 11.5. The maximum absolute atomic E-state index is 13.2. The van der Waals surface area contributed by atoms with Crippen molar-refractivity contribution in [2.45, 2.75) is 25.4 Å². The Morgan fingerprint density at radius 2 is 1.84 bits per heavy atom. The number of hydrogen-bond donors (Lipinski definition) is 1. The third-order valence-electron chi connectivity index (χ3n) is 7.62. The van der Waals surface area contributed by atoms with Crippen LogP contribution in [-0.4, -0.2) is 41.9 Å². The highest BCUT2D eigenvalue weighted by Gasteiger charge is 2.35. The van der Waals surface area contributed by atoms with E-state index in [1.165, 1.54) is 0 Å². The van der Waals surface area contributed by atoms with Gasteiger partial charge in [-0.05, 0) is 48.7 Å². The Morgan fingerprint density at radius 3 is 2.65 bits per heavy atom. The summed E-state index contributed by atoms with van der Waals surface area (Å²) < 4.78 is 18.5. The lowest BCUT2D eigenvalue weighted by Crippen LogP contribution is -2.46. The van der Waals surface area contributed by atoms with Gasteiger partial charge in [0, 0.05) is 60.9 Å². The number of aromatic hydroxyl groups is 1. The van der Waals surface area contributed by atoms with Gasteiger partial charge < -0.3 is 23.6 Å². The molecule has 2 aromatic heterocycles. The highest BCUT2D eigenvalue weighted by atomic mass is 16.5. The topological polar surface area (TPSA) is 94.1 Å². The van der Waals surface area contributed by atoms with E-state index in [-0.39, 0.29) is 17.2 Å². The van der Waals surface area contributed by atoms with Gasteiger partial charge >= 0.3 is 5.63 Å². The van der Waals surface area contributed by atoms with E-state index in [0.717, 1.165) is 30.6 Å². The molecule has 0 unspecified atom stereocenters. The predicted octanol–water partition coefficient (Wildman–Crippen LogP) is 3.96. The van der Waals surface area contributed by atoms with Crippen molar-refractivity contribution in [3.05, 3.63) is 86.6 Å². The molecule has 0 aliphatic carbocycles. The molecule has 1 N–H and O–H groups in total. The first-order valence-corrected chi connectivity index (χ1v) is 12.4. The molecule has 37 heavy (non-hydrogen) atoms. The number of hydrogen-bond acceptors (Lipinski definition) is 7. The van der Waals surface area contributed by atoms with Gasteiger partial charge in [-0.3, -0.25) is 9.69 Å². The van der Waals surface area contributed by atoms with Crippen LogP contribution in [0.25, 0.3) is 22.1 Å². The van der Waals surface area contributed by atoms with Gasteiger partial charge in [-0.15, -0.1) is 0 Å². The zero-order chi connectivity index (χ0) is 25.7. The number of benzene rings is 2. The summed E-state index contributed by atoms with van der Waals surface area (Å²) in [4.78, 5) is 27.8. The molecule has 0 saturated carbocycles. The standard InChI is InChI=1S/C29H28N2O6/c1-35-20-7-8-21(26(12-20)36-2)22-11-18-6-9-25(32)23(28(18)37-29(22)34)16-30-13-17-10-19(15-30)24-4-3-5-27(33)31(24)14-17/h3-9,11-12,17,19,32H,10,13-16H2,1-2H3/t17-,19-/m0/s1. The average molecular weight is 501 g/mol. The molecule has 8 nitrogen and oxygen atoms in total. The van der Waals surface area contributed by atoms with Crippen molar-refractivity contribution in [1.82, 2.24) is 9.47 Å². The number of nitrogens with zero attached hydrogens (tertiary/aromatic N) is 2. The Labute approximate surface area is 213 Å². The van der Waals surface area contributed by atoms with Crippen LogP contribution in [0.3, 0.4) is 0 Å². The smallest absolute Gasteiger partial charge is 0.344 e. The van der Waals surface area contributed by atoms with Crippen molar-refractivity contribution in [1.29, 1.82) is 0 Å². The van der Waals surface area contributed by atoms with Crippen molar-refractivity contribution in [3.8, 4) is 28.4 Å². The Hall–Kier alpha value is -4.04. The summed E-state index contributed by atoms with van der Waals surface area (Å²) >= 11 is 0. The van der Waals surface area contributed by atoms with Gasteiger partial charge in [0.05, 0.1) is 25.3 Å². The van der Waals surface area contributed by atoms with Crippen molar-refractivity contribution in [2.24, 2.45) is 5.92 Å². The van der Waals surface area contributed by atoms with Gasteiger partial charge in [-0.1, -0.05) is 6.07 Å². The Balaban J connectivity index is 1.36. The molecule has 1 saturated heterocycles. The predicted molar refractivity (Wildman–Crippen MR) is 140 cm³/mol. The third kappa shape index (κ3) is 4.07. The second-order valence-electron chi connectivity index (χ2n) is 9.89. The molecular formula is C29H28N2O6. The number of phenolic OH excluding ortho intramolecular Hbond substituents is 1. The number of methoxy groups -OCH3 is 2. The quantitative estimate of drug-likeness (QED) is 0.415. The summed E-state index contributed by atoms with van der Waals surface area (Å²) in [6.07, 6.45) is 1.05. The highest BCUT2D eigenvalue weighted by Crippen LogP contribution is 2.38. The van der Waals surface area contributed by atoms with Crippen molar-refractivity contribution in [3.63, 3.8) is 0 Å². The van der Waals surface area contributed by atoms with Crippen LogP contribution in [-0.2, 0) is 13.1 Å². The lowest BCUT2D eigenvalue weighted by atomic mass is 9.83. The lowest BCUT2D eigenvalue weighted by Gasteiger charge is -2.42. The molecule has 2 aliphatic rings. The fourth-order valence-electron chi connectivity index (χ4n) is 5.94. The maximum atomic E-state index is 13.2. The Bertz CT molecular complexity index is 1620. The largest absolute Gasteiger partial charge is 0.507 e. The number of pyridine rings is 1. The summed E-state index contributed by atoms with van der Waals surface area (Å²) in [5.41, 5.74) is 2.57. The SMILES string of the molecule is COc1ccc(-c2cc3ccc(O)c(CN4C[C@@H]5C[C@@H](C4)c4cccc(=O)n4C5)c3oc2=O)c(OC)c1. The van der Waals surface area contributed by atoms with Crippen LogP contribution in [0.5, 0.6) is 17.2 Å². The molecule has 2 aliphatic heterocycles. The molecule has 190 valence electrons.